The highest BCUT2D eigenvalue weighted by Crippen LogP contribution is 2.33. The third-order valence-electron chi connectivity index (χ3n) is 5.28. The number of aromatic hydroxyl groups is 1. The van der Waals surface area contributed by atoms with E-state index in [1.165, 1.54) is 11.8 Å². The Morgan fingerprint density at radius 3 is 2.44 bits per heavy atom. The van der Waals surface area contributed by atoms with Gasteiger partial charge in [-0.2, -0.15) is 5.10 Å². The quantitative estimate of drug-likeness (QED) is 0.233. The van der Waals surface area contributed by atoms with Crippen molar-refractivity contribution in [2.75, 3.05) is 7.11 Å². The number of hydrazone groups is 1. The van der Waals surface area contributed by atoms with E-state index in [4.69, 9.17) is 9.47 Å². The van der Waals surface area contributed by atoms with E-state index in [0.717, 1.165) is 20.8 Å². The minimum absolute atomic E-state index is 0.107. The molecule has 4 aromatic carbocycles. The molecule has 7 heteroatoms. The van der Waals surface area contributed by atoms with Crippen LogP contribution in [0.1, 0.15) is 27.0 Å². The molecule has 2 N–H and O–H groups in total. The van der Waals surface area contributed by atoms with Crippen molar-refractivity contribution in [2.24, 2.45) is 5.10 Å². The molecular formula is C27H23BrN2O4. The maximum atomic E-state index is 12.6. The second kappa shape index (κ2) is 10.4. The van der Waals surface area contributed by atoms with Crippen LogP contribution in [0.25, 0.3) is 10.8 Å². The number of amides is 1. The molecule has 0 spiro atoms. The van der Waals surface area contributed by atoms with E-state index in [9.17, 15) is 9.90 Å². The third-order valence-corrected chi connectivity index (χ3v) is 5.96. The molecule has 0 aromatic heterocycles. The van der Waals surface area contributed by atoms with Gasteiger partial charge in [-0.25, -0.2) is 5.43 Å². The first-order valence-corrected chi connectivity index (χ1v) is 11.3. The summed E-state index contributed by atoms with van der Waals surface area (Å²) in [6.45, 7) is 2.44. The number of halogens is 1. The minimum Gasteiger partial charge on any atom is -0.507 e. The summed E-state index contributed by atoms with van der Waals surface area (Å²) in [6, 6.07) is 22.4. The second-order valence-electron chi connectivity index (χ2n) is 7.71. The normalized spacial score (nSPS) is 11.0. The van der Waals surface area contributed by atoms with Crippen molar-refractivity contribution in [2.45, 2.75) is 13.5 Å². The maximum absolute atomic E-state index is 12.6. The number of phenols is 1. The molecule has 4 aromatic rings. The number of benzene rings is 4. The first-order chi connectivity index (χ1) is 16.4. The summed E-state index contributed by atoms with van der Waals surface area (Å²) in [6.07, 6.45) is 1.49. The molecule has 0 aliphatic heterocycles. The molecule has 0 saturated carbocycles. The maximum Gasteiger partial charge on any atom is 0.275 e. The zero-order valence-electron chi connectivity index (χ0n) is 18.7. The standard InChI is InChI=1S/C27H23BrN2O4/c1-17-7-9-18(10-8-17)16-34-26-14-23(28)21(13-25(26)33-2)15-29-30-27(32)22-11-19-5-3-4-6-20(19)12-24(22)31/h3-15,31H,16H2,1-2H3,(H,30,32). The third kappa shape index (κ3) is 5.38. The van der Waals surface area contributed by atoms with Crippen LogP contribution in [0, 0.1) is 6.92 Å². The van der Waals surface area contributed by atoms with E-state index in [-0.39, 0.29) is 11.3 Å². The summed E-state index contributed by atoms with van der Waals surface area (Å²) in [7, 11) is 1.56. The predicted octanol–water partition coefficient (Wildman–Crippen LogP) is 5.97. The van der Waals surface area contributed by atoms with Gasteiger partial charge in [0, 0.05) is 10.0 Å². The van der Waals surface area contributed by atoms with Gasteiger partial charge in [-0.1, -0.05) is 54.1 Å². The van der Waals surface area contributed by atoms with Gasteiger partial charge in [0.15, 0.2) is 11.5 Å². The fraction of sp³-hybridized carbons (Fsp3) is 0.111. The average molecular weight is 519 g/mol. The molecule has 4 rings (SSSR count). The van der Waals surface area contributed by atoms with Crippen molar-refractivity contribution in [3.63, 3.8) is 0 Å². The zero-order chi connectivity index (χ0) is 24.1. The molecule has 0 aliphatic rings. The Morgan fingerprint density at radius 2 is 1.74 bits per heavy atom. The Bertz CT molecular complexity index is 1370. The van der Waals surface area contributed by atoms with E-state index in [1.54, 1.807) is 31.4 Å². The topological polar surface area (TPSA) is 80.2 Å². The number of methoxy groups -OCH3 is 1. The highest BCUT2D eigenvalue weighted by atomic mass is 79.9. The van der Waals surface area contributed by atoms with Crippen molar-refractivity contribution in [3.05, 3.63) is 99.5 Å². The van der Waals surface area contributed by atoms with Crippen LogP contribution in [-0.2, 0) is 6.61 Å². The highest BCUT2D eigenvalue weighted by Gasteiger charge is 2.13. The summed E-state index contributed by atoms with van der Waals surface area (Å²) >= 11 is 3.52. The molecule has 34 heavy (non-hydrogen) atoms. The Kier molecular flexibility index (Phi) is 7.13. The van der Waals surface area contributed by atoms with Crippen LogP contribution in [0.4, 0.5) is 0 Å². The number of carbonyl (C=O) groups is 1. The lowest BCUT2D eigenvalue weighted by molar-refractivity contribution is 0.0952. The molecule has 172 valence electrons. The van der Waals surface area contributed by atoms with Crippen molar-refractivity contribution in [1.82, 2.24) is 5.43 Å². The number of hydrogen-bond acceptors (Lipinski definition) is 5. The van der Waals surface area contributed by atoms with Gasteiger partial charge in [0.1, 0.15) is 12.4 Å². The first kappa shape index (κ1) is 23.3. The monoisotopic (exact) mass is 518 g/mol. The zero-order valence-corrected chi connectivity index (χ0v) is 20.3. The Hall–Kier alpha value is -3.84. The summed E-state index contributed by atoms with van der Waals surface area (Å²) in [4.78, 5) is 12.6. The number of carbonyl (C=O) groups excluding carboxylic acids is 1. The summed E-state index contributed by atoms with van der Waals surface area (Å²) in [5, 5.41) is 16.0. The fourth-order valence-corrected chi connectivity index (χ4v) is 3.82. The van der Waals surface area contributed by atoms with Gasteiger partial charge in [-0.15, -0.1) is 0 Å². The van der Waals surface area contributed by atoms with Crippen LogP contribution in [0.5, 0.6) is 17.2 Å². The average Bonchev–Trinajstić information content (AvgIpc) is 2.84. The van der Waals surface area contributed by atoms with Gasteiger partial charge in [-0.05, 0) is 63.5 Å². The highest BCUT2D eigenvalue weighted by molar-refractivity contribution is 9.10. The smallest absolute Gasteiger partial charge is 0.275 e. The van der Waals surface area contributed by atoms with Gasteiger partial charge in [0.05, 0.1) is 18.9 Å². The number of rotatable bonds is 7. The van der Waals surface area contributed by atoms with Crippen molar-refractivity contribution in [3.8, 4) is 17.2 Å². The van der Waals surface area contributed by atoms with Gasteiger partial charge in [0.2, 0.25) is 0 Å². The molecule has 0 radical (unpaired) electrons. The molecule has 0 bridgehead atoms. The molecule has 0 atom stereocenters. The Labute approximate surface area is 206 Å². The van der Waals surface area contributed by atoms with E-state index < -0.39 is 5.91 Å². The lowest BCUT2D eigenvalue weighted by Crippen LogP contribution is -2.17. The van der Waals surface area contributed by atoms with Crippen LogP contribution in [-0.4, -0.2) is 24.3 Å². The second-order valence-corrected chi connectivity index (χ2v) is 8.57. The van der Waals surface area contributed by atoms with Crippen molar-refractivity contribution >= 4 is 38.8 Å². The predicted molar refractivity (Wildman–Crippen MR) is 137 cm³/mol. The van der Waals surface area contributed by atoms with Crippen molar-refractivity contribution in [1.29, 1.82) is 0 Å². The van der Waals surface area contributed by atoms with Crippen LogP contribution in [0.2, 0.25) is 0 Å². The number of ether oxygens (including phenoxy) is 2. The molecule has 0 unspecified atom stereocenters. The van der Waals surface area contributed by atoms with Crippen LogP contribution in [0.15, 0.2) is 82.4 Å². The fourth-order valence-electron chi connectivity index (χ4n) is 3.40. The van der Waals surface area contributed by atoms with Gasteiger partial charge in [0.25, 0.3) is 5.91 Å². The van der Waals surface area contributed by atoms with E-state index in [2.05, 4.69) is 26.5 Å². The number of aryl methyl sites for hydroxylation is 1. The summed E-state index contributed by atoms with van der Waals surface area (Å²) in [5.74, 6) is 0.498. The largest absolute Gasteiger partial charge is 0.507 e. The van der Waals surface area contributed by atoms with Gasteiger partial charge < -0.3 is 14.6 Å². The number of nitrogens with one attached hydrogen (secondary N) is 1. The molecule has 0 saturated heterocycles. The minimum atomic E-state index is -0.513. The number of fused-ring (bicyclic) bond motifs is 1. The summed E-state index contributed by atoms with van der Waals surface area (Å²) < 4.78 is 12.1. The van der Waals surface area contributed by atoms with Crippen LogP contribution in [0.3, 0.4) is 0 Å². The van der Waals surface area contributed by atoms with E-state index >= 15 is 0 Å². The van der Waals surface area contributed by atoms with Gasteiger partial charge in [-0.3, -0.25) is 4.79 Å². The number of nitrogens with zero attached hydrogens (tertiary/aromatic N) is 1. The molecule has 0 fully saturated rings. The first-order valence-electron chi connectivity index (χ1n) is 10.6. The Balaban J connectivity index is 1.46. The van der Waals surface area contributed by atoms with Crippen molar-refractivity contribution < 1.29 is 19.4 Å². The lowest BCUT2D eigenvalue weighted by atomic mass is 10.1. The SMILES string of the molecule is COc1cc(C=NNC(=O)c2cc3ccccc3cc2O)c(Br)cc1OCc1ccc(C)cc1. The number of hydrogen-bond donors (Lipinski definition) is 2. The Morgan fingerprint density at radius 1 is 1.03 bits per heavy atom. The van der Waals surface area contributed by atoms with Gasteiger partial charge >= 0.3 is 0 Å². The lowest BCUT2D eigenvalue weighted by Gasteiger charge is -2.13. The number of phenolic OH excluding ortho intramolecular Hbond substituents is 1. The summed E-state index contributed by atoms with van der Waals surface area (Å²) in [5.41, 5.74) is 5.53. The molecule has 1 amide bonds. The van der Waals surface area contributed by atoms with E-state index in [1.807, 2.05) is 55.5 Å². The van der Waals surface area contributed by atoms with Crippen LogP contribution >= 0.6 is 15.9 Å². The molecule has 0 heterocycles. The molecule has 6 nitrogen and oxygen atoms in total. The molecular weight excluding hydrogens is 496 g/mol. The van der Waals surface area contributed by atoms with Crippen LogP contribution < -0.4 is 14.9 Å². The molecule has 0 aliphatic carbocycles. The van der Waals surface area contributed by atoms with E-state index in [0.29, 0.717) is 23.7 Å².